The van der Waals surface area contributed by atoms with Crippen molar-refractivity contribution in [2.75, 3.05) is 0 Å². The third kappa shape index (κ3) is 4.91. The van der Waals surface area contributed by atoms with Crippen LogP contribution in [0.1, 0.15) is 119 Å². The van der Waals surface area contributed by atoms with Crippen LogP contribution < -0.4 is 0 Å². The third-order valence-corrected chi connectivity index (χ3v) is 11.4. The van der Waals surface area contributed by atoms with E-state index in [1.807, 2.05) is 20.8 Å². The molecule has 4 aliphatic carbocycles. The van der Waals surface area contributed by atoms with E-state index < -0.39 is 6.10 Å². The second-order valence-corrected chi connectivity index (χ2v) is 12.6. The Bertz CT molecular complexity index is 673. The van der Waals surface area contributed by atoms with E-state index in [2.05, 4.69) is 26.8 Å². The van der Waals surface area contributed by atoms with Crippen molar-refractivity contribution in [2.45, 2.75) is 131 Å². The molecular formula is C30H53NO2. The number of fused-ring (bicyclic) bond motifs is 5. The Morgan fingerprint density at radius 2 is 1.61 bits per heavy atom. The summed E-state index contributed by atoms with van der Waals surface area (Å²) in [4.78, 5) is 0. The molecule has 4 aliphatic rings. The number of nitrogens with zero attached hydrogens (tertiary/aromatic N) is 1. The predicted molar refractivity (Wildman–Crippen MR) is 136 cm³/mol. The lowest BCUT2D eigenvalue weighted by Gasteiger charge is -2.61. The van der Waals surface area contributed by atoms with Crippen LogP contribution in [0.5, 0.6) is 0 Å². The van der Waals surface area contributed by atoms with E-state index in [1.54, 1.807) is 0 Å². The van der Waals surface area contributed by atoms with Crippen LogP contribution in [0.3, 0.4) is 0 Å². The lowest BCUT2D eigenvalue weighted by atomic mass is 9.44. The summed E-state index contributed by atoms with van der Waals surface area (Å²) in [6.07, 6.45) is 13.6. The first-order chi connectivity index (χ1) is 15.7. The molecule has 4 rings (SSSR count). The maximum Gasteiger partial charge on any atom is 0.0720 e. The number of aliphatic hydroxyl groups excluding tert-OH is 2. The summed E-state index contributed by atoms with van der Waals surface area (Å²) in [5, 5.41) is 30.0. The van der Waals surface area contributed by atoms with Crippen LogP contribution in [0.15, 0.2) is 0 Å². The highest BCUT2D eigenvalue weighted by Gasteiger charge is 2.60. The smallest absolute Gasteiger partial charge is 0.0720 e. The Balaban J connectivity index is 0.00000149. The molecule has 0 bridgehead atoms. The second-order valence-electron chi connectivity index (χ2n) is 12.6. The van der Waals surface area contributed by atoms with Gasteiger partial charge in [-0.3, -0.25) is 0 Å². The van der Waals surface area contributed by atoms with E-state index in [4.69, 9.17) is 0 Å². The number of nitriles is 1. The van der Waals surface area contributed by atoms with Gasteiger partial charge in [-0.2, -0.15) is 5.26 Å². The van der Waals surface area contributed by atoms with Crippen LogP contribution >= 0.6 is 0 Å². The first-order valence-electron chi connectivity index (χ1n) is 14.5. The van der Waals surface area contributed by atoms with Gasteiger partial charge in [0.15, 0.2) is 0 Å². The molecule has 11 unspecified atom stereocenters. The van der Waals surface area contributed by atoms with Crippen molar-refractivity contribution in [3.05, 3.63) is 0 Å². The number of rotatable bonds is 6. The molecule has 0 aliphatic heterocycles. The van der Waals surface area contributed by atoms with Gasteiger partial charge in [0.25, 0.3) is 0 Å². The fourth-order valence-corrected chi connectivity index (χ4v) is 9.50. The zero-order chi connectivity index (χ0) is 24.4. The van der Waals surface area contributed by atoms with Crippen LogP contribution in [0.25, 0.3) is 0 Å². The van der Waals surface area contributed by atoms with E-state index in [0.29, 0.717) is 16.7 Å². The lowest BCUT2D eigenvalue weighted by molar-refractivity contribution is -0.129. The summed E-state index contributed by atoms with van der Waals surface area (Å²) < 4.78 is 0. The Morgan fingerprint density at radius 1 is 0.939 bits per heavy atom. The van der Waals surface area contributed by atoms with Gasteiger partial charge in [0.1, 0.15) is 0 Å². The average Bonchev–Trinajstić information content (AvgIpc) is 3.17. The Hall–Kier alpha value is -0.590. The molecule has 2 N–H and O–H groups in total. The summed E-state index contributed by atoms with van der Waals surface area (Å²) in [5.41, 5.74) is 0.923. The van der Waals surface area contributed by atoms with E-state index in [9.17, 15) is 15.5 Å². The van der Waals surface area contributed by atoms with Gasteiger partial charge >= 0.3 is 0 Å². The van der Waals surface area contributed by atoms with Gasteiger partial charge in [0.2, 0.25) is 0 Å². The van der Waals surface area contributed by atoms with E-state index in [-0.39, 0.29) is 12.0 Å². The highest BCUT2D eigenvalue weighted by Crippen LogP contribution is 2.68. The molecule has 3 heteroatoms. The van der Waals surface area contributed by atoms with Gasteiger partial charge in [-0.1, -0.05) is 41.5 Å². The van der Waals surface area contributed by atoms with Crippen LogP contribution in [0.4, 0.5) is 0 Å². The molecule has 0 aromatic heterocycles. The minimum atomic E-state index is -0.463. The van der Waals surface area contributed by atoms with Crippen LogP contribution in [0, 0.1) is 63.6 Å². The average molecular weight is 460 g/mol. The minimum absolute atomic E-state index is 0.0520. The summed E-state index contributed by atoms with van der Waals surface area (Å²) >= 11 is 0. The van der Waals surface area contributed by atoms with Crippen molar-refractivity contribution in [3.63, 3.8) is 0 Å². The molecule has 3 nitrogen and oxygen atoms in total. The summed E-state index contributed by atoms with van der Waals surface area (Å²) in [5.74, 6) is 4.57. The standard InChI is InChI=1S/C28H47NO2.C2H6/c1-5-19(17-29)26(31)11-6-18(2)23-9-10-24-22-8-7-20-16-21(30)12-14-27(20,3)25(22)13-15-28(23,24)4;1-2/h18-26,30-31H,5-16H2,1-4H3;1-2H3. The van der Waals surface area contributed by atoms with Crippen molar-refractivity contribution < 1.29 is 10.2 Å². The number of hydrogen-bond acceptors (Lipinski definition) is 3. The quantitative estimate of drug-likeness (QED) is 0.436. The van der Waals surface area contributed by atoms with Gasteiger partial charge in [0, 0.05) is 0 Å². The molecule has 0 saturated heterocycles. The molecule has 33 heavy (non-hydrogen) atoms. The van der Waals surface area contributed by atoms with Crippen LogP contribution in [0.2, 0.25) is 0 Å². The van der Waals surface area contributed by atoms with Crippen molar-refractivity contribution in [3.8, 4) is 6.07 Å². The molecule has 190 valence electrons. The van der Waals surface area contributed by atoms with E-state index in [0.717, 1.165) is 61.7 Å². The molecular weight excluding hydrogens is 406 g/mol. The van der Waals surface area contributed by atoms with Crippen molar-refractivity contribution >= 4 is 0 Å². The predicted octanol–water partition coefficient (Wildman–Crippen LogP) is 7.36. The van der Waals surface area contributed by atoms with Gasteiger partial charge in [0.05, 0.1) is 24.2 Å². The molecule has 0 amide bonds. The monoisotopic (exact) mass is 459 g/mol. The summed E-state index contributed by atoms with van der Waals surface area (Å²) in [6, 6.07) is 2.29. The third-order valence-electron chi connectivity index (χ3n) is 11.4. The molecule has 11 atom stereocenters. The van der Waals surface area contributed by atoms with E-state index >= 15 is 0 Å². The highest BCUT2D eigenvalue weighted by molar-refractivity contribution is 5.09. The summed E-state index contributed by atoms with van der Waals surface area (Å²) in [6.45, 7) is 13.6. The normalized spacial score (nSPS) is 44.7. The zero-order valence-corrected chi connectivity index (χ0v) is 22.5. The SMILES string of the molecule is CC.CCC(C#N)C(O)CCC(C)C1CCC2C3CCC4CC(O)CCC4(C)C3CCC12C. The Labute approximate surface area is 204 Å². The highest BCUT2D eigenvalue weighted by atomic mass is 16.3. The molecule has 0 radical (unpaired) electrons. The first-order valence-corrected chi connectivity index (χ1v) is 14.5. The maximum absolute atomic E-state index is 10.5. The fourth-order valence-electron chi connectivity index (χ4n) is 9.50. The van der Waals surface area contributed by atoms with Gasteiger partial charge in [-0.15, -0.1) is 0 Å². The topological polar surface area (TPSA) is 64.2 Å². The second kappa shape index (κ2) is 11.0. The molecule has 0 aromatic carbocycles. The first kappa shape index (κ1) is 27.0. The van der Waals surface area contributed by atoms with Gasteiger partial charge in [-0.05, 0) is 123 Å². The fraction of sp³-hybridized carbons (Fsp3) is 0.967. The minimum Gasteiger partial charge on any atom is -0.393 e. The molecule has 4 fully saturated rings. The van der Waals surface area contributed by atoms with Gasteiger partial charge in [-0.25, -0.2) is 0 Å². The Morgan fingerprint density at radius 3 is 2.27 bits per heavy atom. The van der Waals surface area contributed by atoms with E-state index in [1.165, 1.54) is 44.9 Å². The molecule has 0 aromatic rings. The molecule has 0 spiro atoms. The van der Waals surface area contributed by atoms with Gasteiger partial charge < -0.3 is 10.2 Å². The van der Waals surface area contributed by atoms with Crippen LogP contribution in [-0.2, 0) is 0 Å². The lowest BCUT2D eigenvalue weighted by Crippen LogP contribution is -2.54. The maximum atomic E-state index is 10.5. The summed E-state index contributed by atoms with van der Waals surface area (Å²) in [7, 11) is 0. The molecule has 0 heterocycles. The van der Waals surface area contributed by atoms with Crippen molar-refractivity contribution in [2.24, 2.45) is 52.3 Å². The number of aliphatic hydroxyl groups is 2. The van der Waals surface area contributed by atoms with Crippen LogP contribution in [-0.4, -0.2) is 22.4 Å². The largest absolute Gasteiger partial charge is 0.393 e. The Kier molecular flexibility index (Phi) is 8.99. The number of hydrogen-bond donors (Lipinski definition) is 2. The zero-order valence-electron chi connectivity index (χ0n) is 22.5. The van der Waals surface area contributed by atoms with Crippen molar-refractivity contribution in [1.29, 1.82) is 5.26 Å². The molecule has 4 saturated carbocycles. The van der Waals surface area contributed by atoms with Crippen molar-refractivity contribution in [1.82, 2.24) is 0 Å².